The van der Waals surface area contributed by atoms with Crippen molar-refractivity contribution in [3.63, 3.8) is 0 Å². The Kier molecular flexibility index (Phi) is 39.5. The van der Waals surface area contributed by atoms with Gasteiger partial charge in [-0.15, -0.1) is 0 Å². The fourth-order valence-corrected chi connectivity index (χ4v) is 25.8. The number of aliphatic hydroxyl groups is 16. The molecule has 16 N–H and O–H groups in total. The summed E-state index contributed by atoms with van der Waals surface area (Å²) in [5.74, 6) is 6.07. The molecule has 0 spiro atoms. The van der Waals surface area contributed by atoms with E-state index in [9.17, 15) is 91.3 Å². The third kappa shape index (κ3) is 26.0. The number of hydrogen-bond acceptors (Lipinski definition) is 24. The molecule has 0 saturated carbocycles. The van der Waals surface area contributed by atoms with E-state index in [4.69, 9.17) is 0 Å². The van der Waals surface area contributed by atoms with Crippen LogP contribution in [0.5, 0.6) is 0 Å². The fraction of sp³-hybridized carbons (Fsp3) is 0.667. The number of carbonyl (C=O) groups excluding carboxylic acids is 2. The average Bonchev–Trinajstić information content (AvgIpc) is 0.790. The zero-order chi connectivity index (χ0) is 99.4. The fourth-order valence-electron chi connectivity index (χ4n) is 25.8. The molecule has 18 rings (SSSR count). The maximum Gasteiger partial charge on any atom is 0.139 e. The average molecular weight is 1910 g/mol. The van der Waals surface area contributed by atoms with E-state index >= 15 is 0 Å². The summed E-state index contributed by atoms with van der Waals surface area (Å²) in [7, 11) is 0. The van der Waals surface area contributed by atoms with Crippen LogP contribution in [0.3, 0.4) is 0 Å². The van der Waals surface area contributed by atoms with Crippen molar-refractivity contribution in [1.29, 1.82) is 0 Å². The van der Waals surface area contributed by atoms with Gasteiger partial charge in [0.1, 0.15) is 11.6 Å². The molecule has 12 aliphatic heterocycles. The maximum atomic E-state index is 12.6. The van der Waals surface area contributed by atoms with Gasteiger partial charge in [-0.3, -0.25) is 39.0 Å². The molecule has 138 heavy (non-hydrogen) atoms. The quantitative estimate of drug-likeness (QED) is 0.0268. The number of piperidine rings is 6. The summed E-state index contributed by atoms with van der Waals surface area (Å²) in [6.45, 7) is 37.4. The molecule has 0 aliphatic carbocycles. The summed E-state index contributed by atoms with van der Waals surface area (Å²) in [6, 6.07) is 25.7. The molecule has 12 heterocycles. The Balaban J connectivity index is 0.000000140. The lowest BCUT2D eigenvalue weighted by Gasteiger charge is -2.46. The lowest BCUT2D eigenvalue weighted by molar-refractivity contribution is -0.130. The van der Waals surface area contributed by atoms with E-state index in [1.165, 1.54) is 66.8 Å². The van der Waals surface area contributed by atoms with Crippen molar-refractivity contribution in [2.75, 3.05) is 78.5 Å². The van der Waals surface area contributed by atoms with Crippen LogP contribution in [0.25, 0.3) is 0 Å². The van der Waals surface area contributed by atoms with Crippen LogP contribution in [0.15, 0.2) is 72.8 Å². The van der Waals surface area contributed by atoms with Gasteiger partial charge in [0.25, 0.3) is 0 Å². The van der Waals surface area contributed by atoms with Crippen molar-refractivity contribution in [2.24, 2.45) is 71.0 Å². The Morgan fingerprint density at radius 2 is 0.391 bits per heavy atom. The largest absolute Gasteiger partial charge is 0.393 e. The molecule has 6 fully saturated rings. The topological polar surface area (TPSA) is 377 Å². The summed E-state index contributed by atoms with van der Waals surface area (Å²) in [4.78, 5) is 40.0. The van der Waals surface area contributed by atoms with Crippen molar-refractivity contribution < 1.29 is 91.3 Å². The second-order valence-corrected chi connectivity index (χ2v) is 45.1. The zero-order valence-electron chi connectivity index (χ0n) is 85.0. The molecule has 6 aromatic rings. The molecule has 6 aromatic carbocycles. The van der Waals surface area contributed by atoms with Crippen LogP contribution in [0.4, 0.5) is 0 Å². The Morgan fingerprint density at radius 3 is 0.558 bits per heavy atom. The van der Waals surface area contributed by atoms with E-state index < -0.39 is 0 Å². The van der Waals surface area contributed by atoms with Gasteiger partial charge in [0, 0.05) is 139 Å². The normalized spacial score (nSPS) is 26.8. The SMILES string of the molecule is CC(C)C[C@@H]1CN2CCc3cc(CO)c(CO)cc3[C@H]2CC1=O.CC(C)C[C@@H]1CN2CCc3cc(CO)c(CO)cc3[C@H]2C[C@@H]1O.CC(C)C[C@@H]1CN2CCc3cc(CO)c(CO)cc3[C@H]2C[C@H]1O.CC(C)C[C@H]1CN2CCc3cc(CO)c(CO)cc3[C@@H]2CC1=O.CC(C)C[C@H]1CN2CCc3cc(CO)c(CO)cc3[C@@H]2C[C@@H]1O.CC(C)C[C@H]1CN2CCc3cc(CO)c(CO)cc3[C@@H]2C[C@H]1O. The highest BCUT2D eigenvalue weighted by atomic mass is 16.3. The van der Waals surface area contributed by atoms with Crippen LogP contribution in [0.1, 0.15) is 330 Å². The third-order valence-corrected chi connectivity index (χ3v) is 32.8. The van der Waals surface area contributed by atoms with E-state index in [1.807, 2.05) is 72.8 Å². The van der Waals surface area contributed by atoms with Gasteiger partial charge < -0.3 is 81.7 Å². The van der Waals surface area contributed by atoms with Crippen molar-refractivity contribution in [1.82, 2.24) is 29.4 Å². The molecule has 0 amide bonds. The van der Waals surface area contributed by atoms with Gasteiger partial charge in [-0.25, -0.2) is 0 Å². The molecule has 0 unspecified atom stereocenters. The third-order valence-electron chi connectivity index (χ3n) is 32.8. The van der Waals surface area contributed by atoms with Gasteiger partial charge >= 0.3 is 0 Å². The lowest BCUT2D eigenvalue weighted by Crippen LogP contribution is -2.48. The van der Waals surface area contributed by atoms with E-state index in [1.54, 1.807) is 0 Å². The molecule has 16 atom stereocenters. The van der Waals surface area contributed by atoms with Gasteiger partial charge in [-0.2, -0.15) is 0 Å². The number of rotatable bonds is 24. The second-order valence-electron chi connectivity index (χ2n) is 45.1. The van der Waals surface area contributed by atoms with Gasteiger partial charge in [-0.1, -0.05) is 156 Å². The number of aliphatic hydroxyl groups excluding tert-OH is 16. The summed E-state index contributed by atoms with van der Waals surface area (Å²) >= 11 is 0. The highest BCUT2D eigenvalue weighted by molar-refractivity contribution is 5.84. The van der Waals surface area contributed by atoms with Gasteiger partial charge in [0.15, 0.2) is 0 Å². The van der Waals surface area contributed by atoms with Crippen LogP contribution in [0, 0.1) is 71.0 Å². The number of ketones is 2. The van der Waals surface area contributed by atoms with Gasteiger partial charge in [-0.05, 0) is 295 Å². The zero-order valence-corrected chi connectivity index (χ0v) is 85.0. The van der Waals surface area contributed by atoms with E-state index in [-0.39, 0.29) is 152 Å². The first-order valence-electron chi connectivity index (χ1n) is 52.6. The summed E-state index contributed by atoms with van der Waals surface area (Å²) in [5.41, 5.74) is 24.5. The van der Waals surface area contributed by atoms with E-state index in [0.717, 1.165) is 248 Å². The molecule has 0 aromatic heterocycles. The molecule has 6 saturated heterocycles. The number of benzene rings is 6. The standard InChI is InChI=1S/4C19H29NO3.2C19H27NO3/c6*1-12(2)5-14-9-20-4-3-13-6-15(10-21)16(11-22)7-17(13)18(20)8-19(14)23/h4*6-7,12,14,18-19,21-23H,3-5,8-11H2,1-2H3;2*6-7,12,14,18,21-22H,3-5,8-11H2,1-2H3/t2*14-,18-,19+;2*14-,18-,19-;2*14-,18-/m101010/s1. The molecule has 764 valence electrons. The molecule has 0 bridgehead atoms. The molecule has 0 radical (unpaired) electrons. The first-order chi connectivity index (χ1) is 66.2. The first-order valence-corrected chi connectivity index (χ1v) is 52.6. The smallest absolute Gasteiger partial charge is 0.139 e. The molecular formula is C114H170N6O18. The first kappa shape index (κ1) is 109. The Labute approximate surface area is 822 Å². The van der Waals surface area contributed by atoms with E-state index in [2.05, 4.69) is 112 Å². The second kappa shape index (κ2) is 50.1. The highest BCUT2D eigenvalue weighted by Crippen LogP contribution is 2.49. The Hall–Kier alpha value is -6.22. The van der Waals surface area contributed by atoms with Crippen LogP contribution >= 0.6 is 0 Å². The van der Waals surface area contributed by atoms with Crippen LogP contribution in [-0.4, -0.2) is 226 Å². The number of carbonyl (C=O) groups is 2. The molecular weight excluding hydrogens is 1740 g/mol. The van der Waals surface area contributed by atoms with Crippen molar-refractivity contribution >= 4 is 11.6 Å². The van der Waals surface area contributed by atoms with Crippen molar-refractivity contribution in [2.45, 2.75) is 339 Å². The minimum absolute atomic E-state index is 0.0311. The summed E-state index contributed by atoms with van der Waals surface area (Å²) < 4.78 is 0. The minimum Gasteiger partial charge on any atom is -0.393 e. The van der Waals surface area contributed by atoms with Crippen molar-refractivity contribution in [3.05, 3.63) is 206 Å². The summed E-state index contributed by atoms with van der Waals surface area (Å²) in [6.07, 6.45) is 15.3. The van der Waals surface area contributed by atoms with Gasteiger partial charge in [0.2, 0.25) is 0 Å². The monoisotopic (exact) mass is 1910 g/mol. The molecule has 24 heteroatoms. The van der Waals surface area contributed by atoms with Crippen molar-refractivity contribution in [3.8, 4) is 0 Å². The summed E-state index contributed by atoms with van der Waals surface area (Å²) in [5, 5.41) is 157. The molecule has 24 nitrogen and oxygen atoms in total. The predicted molar refractivity (Wildman–Crippen MR) is 537 cm³/mol. The maximum absolute atomic E-state index is 12.6. The van der Waals surface area contributed by atoms with E-state index in [0.29, 0.717) is 83.6 Å². The number of Topliss-reactive ketones (excluding diaryl/α,β-unsaturated/α-hetero) is 2. The minimum atomic E-state index is -0.250. The number of hydrogen-bond donors (Lipinski definition) is 16. The lowest BCUT2D eigenvalue weighted by atomic mass is 9.78. The molecule has 12 aliphatic rings. The van der Waals surface area contributed by atoms with Crippen LogP contribution in [0.2, 0.25) is 0 Å². The Morgan fingerprint density at radius 1 is 0.232 bits per heavy atom. The highest BCUT2D eigenvalue weighted by Gasteiger charge is 2.46. The number of nitrogens with zero attached hydrogens (tertiary/aromatic N) is 6. The number of fused-ring (bicyclic) bond motifs is 18. The predicted octanol–water partition coefficient (Wildman–Crippen LogP) is 12.4. The van der Waals surface area contributed by atoms with Crippen LogP contribution in [-0.2, 0) is 127 Å². The van der Waals surface area contributed by atoms with Gasteiger partial charge in [0.05, 0.1) is 104 Å². The van der Waals surface area contributed by atoms with Crippen LogP contribution < -0.4 is 0 Å². The Bertz CT molecular complexity index is 4490.